The number of H-pyrrole nitrogens is 1. The number of hydrogen-bond acceptors (Lipinski definition) is 4. The number of nitrogens with zero attached hydrogens (tertiary/aromatic N) is 1. The first-order valence-electron chi connectivity index (χ1n) is 5.63. The second-order valence-corrected chi connectivity index (χ2v) is 4.23. The molecule has 18 heavy (non-hydrogen) atoms. The maximum Gasteiger partial charge on any atom is 0.417 e. The Bertz CT molecular complexity index is 629. The van der Waals surface area contributed by atoms with Gasteiger partial charge in [-0.2, -0.15) is 0 Å². The Morgan fingerprint density at radius 2 is 2.28 bits per heavy atom. The first kappa shape index (κ1) is 12.4. The van der Waals surface area contributed by atoms with Crippen molar-refractivity contribution in [3.63, 3.8) is 0 Å². The second kappa shape index (κ2) is 4.66. The van der Waals surface area contributed by atoms with E-state index < -0.39 is 5.76 Å². The summed E-state index contributed by atoms with van der Waals surface area (Å²) in [5, 5.41) is 0. The van der Waals surface area contributed by atoms with E-state index in [-0.39, 0.29) is 11.8 Å². The zero-order valence-corrected chi connectivity index (χ0v) is 10.3. The Hall–Kier alpha value is -2.08. The molecule has 0 aliphatic rings. The van der Waals surface area contributed by atoms with Gasteiger partial charge in [0.25, 0.3) is 0 Å². The smallest absolute Gasteiger partial charge is 0.408 e. The third kappa shape index (κ3) is 2.14. The van der Waals surface area contributed by atoms with Gasteiger partial charge in [-0.15, -0.1) is 0 Å². The van der Waals surface area contributed by atoms with Gasteiger partial charge >= 0.3 is 5.76 Å². The molecule has 0 saturated heterocycles. The van der Waals surface area contributed by atoms with E-state index in [1.165, 1.54) is 4.90 Å². The summed E-state index contributed by atoms with van der Waals surface area (Å²) in [4.78, 5) is 27.0. The molecule has 1 unspecified atom stereocenters. The first-order valence-corrected chi connectivity index (χ1v) is 5.63. The quantitative estimate of drug-likeness (QED) is 0.836. The fourth-order valence-corrected chi connectivity index (χ4v) is 1.70. The predicted molar refractivity (Wildman–Crippen MR) is 68.5 cm³/mol. The zero-order valence-electron chi connectivity index (χ0n) is 10.3. The molecule has 2 rings (SSSR count). The van der Waals surface area contributed by atoms with Gasteiger partial charge in [0.15, 0.2) is 5.58 Å². The van der Waals surface area contributed by atoms with E-state index in [2.05, 4.69) is 4.98 Å². The SMILES string of the molecule is CC(CN)C(=O)N(C)c1ccc2[nH]c(=O)oc2c1. The number of nitrogens with two attached hydrogens (primary N) is 1. The maximum atomic E-state index is 12.0. The molecule has 1 aromatic carbocycles. The van der Waals surface area contributed by atoms with Crippen LogP contribution in [0.3, 0.4) is 0 Å². The summed E-state index contributed by atoms with van der Waals surface area (Å²) in [6.07, 6.45) is 0. The fourth-order valence-electron chi connectivity index (χ4n) is 1.70. The third-order valence-electron chi connectivity index (χ3n) is 2.90. The summed E-state index contributed by atoms with van der Waals surface area (Å²) in [5.74, 6) is -0.829. The standard InChI is InChI=1S/C12H15N3O3/c1-7(6-13)11(16)15(2)8-3-4-9-10(5-8)18-12(17)14-9/h3-5,7H,6,13H2,1-2H3,(H,14,17). The van der Waals surface area contributed by atoms with Crippen LogP contribution in [0, 0.1) is 5.92 Å². The highest BCUT2D eigenvalue weighted by molar-refractivity contribution is 5.95. The Kier molecular flexibility index (Phi) is 3.20. The Labute approximate surface area is 103 Å². The number of benzene rings is 1. The summed E-state index contributed by atoms with van der Waals surface area (Å²) in [6.45, 7) is 2.07. The predicted octanol–water partition coefficient (Wildman–Crippen LogP) is 0.679. The maximum absolute atomic E-state index is 12.0. The largest absolute Gasteiger partial charge is 0.417 e. The van der Waals surface area contributed by atoms with Crippen molar-refractivity contribution in [3.8, 4) is 0 Å². The highest BCUT2D eigenvalue weighted by Gasteiger charge is 2.17. The number of anilines is 1. The van der Waals surface area contributed by atoms with Gasteiger partial charge in [0.2, 0.25) is 5.91 Å². The highest BCUT2D eigenvalue weighted by atomic mass is 16.4. The lowest BCUT2D eigenvalue weighted by Gasteiger charge is -2.20. The summed E-state index contributed by atoms with van der Waals surface area (Å²) in [5.41, 5.74) is 7.17. The van der Waals surface area contributed by atoms with Crippen molar-refractivity contribution in [1.29, 1.82) is 0 Å². The molecule has 6 nitrogen and oxygen atoms in total. The molecule has 0 aliphatic heterocycles. The second-order valence-electron chi connectivity index (χ2n) is 4.23. The van der Waals surface area contributed by atoms with Gasteiger partial charge < -0.3 is 15.1 Å². The number of oxazole rings is 1. The molecule has 0 saturated carbocycles. The van der Waals surface area contributed by atoms with E-state index in [1.807, 2.05) is 0 Å². The number of hydrogen-bond donors (Lipinski definition) is 2. The number of fused-ring (bicyclic) bond motifs is 1. The molecular weight excluding hydrogens is 234 g/mol. The van der Waals surface area contributed by atoms with Crippen LogP contribution in [0.1, 0.15) is 6.92 Å². The molecule has 6 heteroatoms. The minimum atomic E-state index is -0.508. The summed E-state index contributed by atoms with van der Waals surface area (Å²) in [7, 11) is 1.67. The summed E-state index contributed by atoms with van der Waals surface area (Å²) < 4.78 is 4.95. The van der Waals surface area contributed by atoms with Crippen LogP contribution in [-0.4, -0.2) is 24.5 Å². The number of nitrogens with one attached hydrogen (secondary N) is 1. The van der Waals surface area contributed by atoms with Crippen LogP contribution in [0.25, 0.3) is 11.1 Å². The minimum absolute atomic E-state index is 0.0743. The van der Waals surface area contributed by atoms with Gasteiger partial charge in [0.05, 0.1) is 5.52 Å². The molecular formula is C12H15N3O3. The molecule has 0 bridgehead atoms. The lowest BCUT2D eigenvalue weighted by Crippen LogP contribution is -2.35. The summed E-state index contributed by atoms with van der Waals surface area (Å²) in [6, 6.07) is 5.09. The molecule has 1 aromatic heterocycles. The van der Waals surface area contributed by atoms with E-state index in [4.69, 9.17) is 10.2 Å². The van der Waals surface area contributed by atoms with Crippen molar-refractivity contribution in [2.45, 2.75) is 6.92 Å². The van der Waals surface area contributed by atoms with E-state index in [1.54, 1.807) is 32.2 Å². The van der Waals surface area contributed by atoms with Crippen LogP contribution in [0.5, 0.6) is 0 Å². The average Bonchev–Trinajstić information content (AvgIpc) is 2.74. The highest BCUT2D eigenvalue weighted by Crippen LogP contribution is 2.20. The molecule has 0 radical (unpaired) electrons. The van der Waals surface area contributed by atoms with Crippen molar-refractivity contribution in [1.82, 2.24) is 4.98 Å². The van der Waals surface area contributed by atoms with Crippen LogP contribution >= 0.6 is 0 Å². The molecule has 3 N–H and O–H groups in total. The first-order chi connectivity index (χ1) is 8.52. The van der Waals surface area contributed by atoms with Crippen molar-refractivity contribution in [2.24, 2.45) is 11.7 Å². The lowest BCUT2D eigenvalue weighted by molar-refractivity contribution is -0.121. The van der Waals surface area contributed by atoms with Gasteiger partial charge in [0, 0.05) is 31.3 Å². The lowest BCUT2D eigenvalue weighted by atomic mass is 10.1. The number of aromatic amines is 1. The average molecular weight is 249 g/mol. The Morgan fingerprint density at radius 3 is 2.94 bits per heavy atom. The fraction of sp³-hybridized carbons (Fsp3) is 0.333. The van der Waals surface area contributed by atoms with Crippen LogP contribution in [0.4, 0.5) is 5.69 Å². The van der Waals surface area contributed by atoms with E-state index in [0.29, 0.717) is 23.3 Å². The molecule has 2 aromatic rings. The Balaban J connectivity index is 2.35. The topological polar surface area (TPSA) is 92.3 Å². The van der Waals surface area contributed by atoms with Crippen LogP contribution in [0.2, 0.25) is 0 Å². The number of carbonyl (C=O) groups is 1. The molecule has 0 spiro atoms. The van der Waals surface area contributed by atoms with Crippen molar-refractivity contribution < 1.29 is 9.21 Å². The van der Waals surface area contributed by atoms with Gasteiger partial charge in [-0.1, -0.05) is 6.92 Å². The van der Waals surface area contributed by atoms with Crippen molar-refractivity contribution >= 4 is 22.7 Å². The molecule has 1 atom stereocenters. The van der Waals surface area contributed by atoms with Gasteiger partial charge in [-0.05, 0) is 12.1 Å². The number of amides is 1. The summed E-state index contributed by atoms with van der Waals surface area (Å²) >= 11 is 0. The van der Waals surface area contributed by atoms with Gasteiger partial charge in [0.1, 0.15) is 0 Å². The zero-order chi connectivity index (χ0) is 13.3. The normalized spacial score (nSPS) is 12.6. The minimum Gasteiger partial charge on any atom is -0.408 e. The van der Waals surface area contributed by atoms with Gasteiger partial charge in [-0.25, -0.2) is 4.79 Å². The van der Waals surface area contributed by atoms with Crippen LogP contribution < -0.4 is 16.4 Å². The molecule has 96 valence electrons. The van der Waals surface area contributed by atoms with Crippen LogP contribution in [0.15, 0.2) is 27.4 Å². The van der Waals surface area contributed by atoms with E-state index in [9.17, 15) is 9.59 Å². The van der Waals surface area contributed by atoms with Crippen molar-refractivity contribution in [3.05, 3.63) is 28.7 Å². The number of rotatable bonds is 3. The van der Waals surface area contributed by atoms with E-state index in [0.717, 1.165) is 0 Å². The van der Waals surface area contributed by atoms with Crippen LogP contribution in [-0.2, 0) is 4.79 Å². The number of aromatic nitrogens is 1. The molecule has 1 amide bonds. The molecule has 1 heterocycles. The van der Waals surface area contributed by atoms with Gasteiger partial charge in [-0.3, -0.25) is 9.78 Å². The number of carbonyl (C=O) groups excluding carboxylic acids is 1. The van der Waals surface area contributed by atoms with Crippen molar-refractivity contribution in [2.75, 3.05) is 18.5 Å². The molecule has 0 aliphatic carbocycles. The third-order valence-corrected chi connectivity index (χ3v) is 2.90. The van der Waals surface area contributed by atoms with E-state index >= 15 is 0 Å². The molecule has 0 fully saturated rings. The Morgan fingerprint density at radius 1 is 1.56 bits per heavy atom. The monoisotopic (exact) mass is 249 g/mol.